The summed E-state index contributed by atoms with van der Waals surface area (Å²) in [5.41, 5.74) is 9.10. The number of carbonyl (C=O) groups excluding carboxylic acids is 1. The number of ether oxygens (including phenoxy) is 3. The molecule has 0 unspecified atom stereocenters. The van der Waals surface area contributed by atoms with Gasteiger partial charge in [-0.3, -0.25) is 4.79 Å². The predicted molar refractivity (Wildman–Crippen MR) is 170 cm³/mol. The number of Topliss-reactive ketones (excluding diaryl/α,β-unsaturated/α-hetero) is 1. The van der Waals surface area contributed by atoms with Crippen LogP contribution in [0.15, 0.2) is 73.4 Å². The molecule has 5 aromatic rings. The Labute approximate surface area is 257 Å². The zero-order valence-electron chi connectivity index (χ0n) is 25.5. The van der Waals surface area contributed by atoms with Crippen molar-refractivity contribution in [3.8, 4) is 16.9 Å². The highest BCUT2D eigenvalue weighted by atomic mass is 16.5. The molecule has 230 valence electrons. The number of carbonyl (C=O) groups is 1. The molecule has 0 atom stereocenters. The van der Waals surface area contributed by atoms with Gasteiger partial charge in [-0.2, -0.15) is 0 Å². The molecule has 0 radical (unpaired) electrons. The number of anilines is 2. The zero-order chi connectivity index (χ0) is 30.9. The van der Waals surface area contributed by atoms with E-state index in [1.165, 1.54) is 0 Å². The minimum atomic E-state index is -0.0989. The van der Waals surface area contributed by atoms with E-state index in [-0.39, 0.29) is 19.0 Å². The molecule has 2 N–H and O–H groups in total. The van der Waals surface area contributed by atoms with E-state index < -0.39 is 0 Å². The summed E-state index contributed by atoms with van der Waals surface area (Å²) in [4.78, 5) is 21.7. The number of methoxy groups -OCH3 is 1. The molecular formula is C34H39N5O5. The molecule has 10 nitrogen and oxygen atoms in total. The van der Waals surface area contributed by atoms with Crippen LogP contribution in [0, 0.1) is 13.8 Å². The predicted octanol–water partition coefficient (Wildman–Crippen LogP) is 5.22. The number of ketones is 1. The molecule has 0 aliphatic heterocycles. The van der Waals surface area contributed by atoms with Crippen LogP contribution < -0.4 is 5.32 Å². The van der Waals surface area contributed by atoms with Gasteiger partial charge in [0.25, 0.3) is 0 Å². The largest absolute Gasteiger partial charge is 0.392 e. The molecule has 5 rings (SSSR count). The van der Waals surface area contributed by atoms with Crippen molar-refractivity contribution >= 4 is 22.8 Å². The third kappa shape index (κ3) is 7.78. The highest BCUT2D eigenvalue weighted by Crippen LogP contribution is 2.29. The summed E-state index contributed by atoms with van der Waals surface area (Å²) in [6, 6.07) is 16.1. The van der Waals surface area contributed by atoms with Crippen LogP contribution in [0.2, 0.25) is 0 Å². The SMILES string of the molecule is COCCOCCOCC(=O)CCc1ccc(C)c(-c2cn3cccc(Nc4ccc(-n5cnc(C)c5)c(CO)c4)c3n2)c1. The molecule has 0 saturated carbocycles. The first-order chi connectivity index (χ1) is 21.4. The number of rotatable bonds is 16. The maximum absolute atomic E-state index is 12.4. The lowest BCUT2D eigenvalue weighted by Gasteiger charge is -2.13. The first-order valence-electron chi connectivity index (χ1n) is 14.7. The van der Waals surface area contributed by atoms with Crippen molar-refractivity contribution in [2.75, 3.05) is 45.5 Å². The molecule has 2 aromatic carbocycles. The van der Waals surface area contributed by atoms with Crippen molar-refractivity contribution < 1.29 is 24.1 Å². The highest BCUT2D eigenvalue weighted by molar-refractivity contribution is 5.80. The number of hydrogen-bond acceptors (Lipinski definition) is 8. The van der Waals surface area contributed by atoms with Gasteiger partial charge in [-0.15, -0.1) is 0 Å². The zero-order valence-corrected chi connectivity index (χ0v) is 25.5. The van der Waals surface area contributed by atoms with Crippen molar-refractivity contribution in [3.63, 3.8) is 0 Å². The minimum Gasteiger partial charge on any atom is -0.392 e. The van der Waals surface area contributed by atoms with Crippen LogP contribution in [0.5, 0.6) is 0 Å². The number of fused-ring (bicyclic) bond motifs is 1. The second-order valence-electron chi connectivity index (χ2n) is 10.7. The first kappa shape index (κ1) is 31.1. The Morgan fingerprint density at radius 1 is 1.00 bits per heavy atom. The number of aliphatic hydroxyl groups is 1. The highest BCUT2D eigenvalue weighted by Gasteiger charge is 2.13. The van der Waals surface area contributed by atoms with Crippen molar-refractivity contribution in [1.82, 2.24) is 18.9 Å². The van der Waals surface area contributed by atoms with E-state index in [0.717, 1.165) is 56.4 Å². The average molecular weight is 598 g/mol. The van der Waals surface area contributed by atoms with Crippen LogP contribution in [0.1, 0.15) is 28.8 Å². The smallest absolute Gasteiger partial charge is 0.161 e. The maximum atomic E-state index is 12.4. The number of pyridine rings is 1. The standard InChI is InChI=1S/C34H39N5O5/c1-24-6-7-26(8-10-29(41)22-44-16-15-43-14-13-42-3)17-30(24)32-20-38-12-4-5-31(34(38)37-32)36-28-9-11-33(27(18-28)21-40)39-19-25(2)35-23-39/h4-7,9,11-12,17-20,23,36,40H,8,10,13-16,21-22H2,1-3H3. The monoisotopic (exact) mass is 597 g/mol. The number of nitrogens with zero attached hydrogens (tertiary/aromatic N) is 4. The van der Waals surface area contributed by atoms with Gasteiger partial charge in [0.15, 0.2) is 11.4 Å². The van der Waals surface area contributed by atoms with Crippen LogP contribution in [0.4, 0.5) is 11.4 Å². The fourth-order valence-corrected chi connectivity index (χ4v) is 5.00. The van der Waals surface area contributed by atoms with Crippen LogP contribution >= 0.6 is 0 Å². The number of aryl methyl sites for hydroxylation is 3. The van der Waals surface area contributed by atoms with Gasteiger partial charge in [-0.25, -0.2) is 9.97 Å². The molecular weight excluding hydrogens is 558 g/mol. The van der Waals surface area contributed by atoms with Gasteiger partial charge in [0.1, 0.15) is 6.61 Å². The Kier molecular flexibility index (Phi) is 10.5. The van der Waals surface area contributed by atoms with Gasteiger partial charge >= 0.3 is 0 Å². The maximum Gasteiger partial charge on any atom is 0.161 e. The molecule has 0 fully saturated rings. The normalized spacial score (nSPS) is 11.4. The van der Waals surface area contributed by atoms with Gasteiger partial charge in [-0.05, 0) is 67.8 Å². The summed E-state index contributed by atoms with van der Waals surface area (Å²) in [6.45, 7) is 5.86. The molecule has 0 spiro atoms. The van der Waals surface area contributed by atoms with Crippen LogP contribution in [-0.4, -0.2) is 70.0 Å². The van der Waals surface area contributed by atoms with Crippen molar-refractivity contribution in [1.29, 1.82) is 0 Å². The number of imidazole rings is 2. The quantitative estimate of drug-likeness (QED) is 0.149. The molecule has 0 saturated heterocycles. The van der Waals surface area contributed by atoms with Gasteiger partial charge < -0.3 is 33.6 Å². The van der Waals surface area contributed by atoms with Gasteiger partial charge in [0.2, 0.25) is 0 Å². The lowest BCUT2D eigenvalue weighted by atomic mass is 9.99. The third-order valence-corrected chi connectivity index (χ3v) is 7.34. The van der Waals surface area contributed by atoms with E-state index in [9.17, 15) is 9.90 Å². The molecule has 44 heavy (non-hydrogen) atoms. The Morgan fingerprint density at radius 3 is 2.64 bits per heavy atom. The van der Waals surface area contributed by atoms with E-state index in [0.29, 0.717) is 39.3 Å². The molecule has 0 bridgehead atoms. The fraction of sp³-hybridized carbons (Fsp3) is 0.324. The first-order valence-corrected chi connectivity index (χ1v) is 14.7. The topological polar surface area (TPSA) is 112 Å². The average Bonchev–Trinajstić information content (AvgIpc) is 3.67. The number of aliphatic hydroxyl groups excluding tert-OH is 1. The second kappa shape index (κ2) is 14.9. The van der Waals surface area contributed by atoms with E-state index in [1.54, 1.807) is 13.4 Å². The Morgan fingerprint density at radius 2 is 1.84 bits per heavy atom. The Bertz CT molecular complexity index is 1710. The second-order valence-corrected chi connectivity index (χ2v) is 10.7. The van der Waals surface area contributed by atoms with Gasteiger partial charge in [-0.1, -0.05) is 12.1 Å². The summed E-state index contributed by atoms with van der Waals surface area (Å²) in [7, 11) is 1.63. The third-order valence-electron chi connectivity index (χ3n) is 7.34. The van der Waals surface area contributed by atoms with Crippen molar-refractivity contribution in [3.05, 3.63) is 95.8 Å². The van der Waals surface area contributed by atoms with Crippen LogP contribution in [-0.2, 0) is 32.0 Å². The molecule has 3 heterocycles. The van der Waals surface area contributed by atoms with Crippen LogP contribution in [0.25, 0.3) is 22.6 Å². The Balaban J connectivity index is 1.26. The number of nitrogens with one attached hydrogen (secondary N) is 1. The minimum absolute atomic E-state index is 0.0602. The Hall–Kier alpha value is -4.35. The number of aromatic nitrogens is 4. The summed E-state index contributed by atoms with van der Waals surface area (Å²) in [5, 5.41) is 13.5. The summed E-state index contributed by atoms with van der Waals surface area (Å²) < 4.78 is 19.7. The van der Waals surface area contributed by atoms with Gasteiger partial charge in [0.05, 0.1) is 62.1 Å². The number of hydrogen-bond donors (Lipinski definition) is 2. The lowest BCUT2D eigenvalue weighted by Crippen LogP contribution is -2.14. The molecule has 0 amide bonds. The van der Waals surface area contributed by atoms with E-state index in [2.05, 4.69) is 35.4 Å². The van der Waals surface area contributed by atoms with E-state index in [4.69, 9.17) is 19.2 Å². The van der Waals surface area contributed by atoms with Crippen molar-refractivity contribution in [2.45, 2.75) is 33.3 Å². The molecule has 3 aromatic heterocycles. The fourth-order valence-electron chi connectivity index (χ4n) is 5.00. The summed E-state index contributed by atoms with van der Waals surface area (Å²) >= 11 is 0. The lowest BCUT2D eigenvalue weighted by molar-refractivity contribution is -0.124. The molecule has 0 aliphatic carbocycles. The molecule has 0 aliphatic rings. The van der Waals surface area contributed by atoms with Crippen molar-refractivity contribution in [2.24, 2.45) is 0 Å². The summed E-state index contributed by atoms with van der Waals surface area (Å²) in [6.07, 6.45) is 8.70. The van der Waals surface area contributed by atoms with Gasteiger partial charge in [0, 0.05) is 48.9 Å². The number of benzene rings is 2. The van der Waals surface area contributed by atoms with Crippen LogP contribution in [0.3, 0.4) is 0 Å². The van der Waals surface area contributed by atoms with E-state index in [1.807, 2.05) is 64.8 Å². The van der Waals surface area contributed by atoms with E-state index >= 15 is 0 Å². The summed E-state index contributed by atoms with van der Waals surface area (Å²) in [5.74, 6) is 0.0602. The molecule has 10 heteroatoms.